The van der Waals surface area contributed by atoms with Gasteiger partial charge in [0.2, 0.25) is 0 Å². The summed E-state index contributed by atoms with van der Waals surface area (Å²) >= 11 is 0. The zero-order valence-corrected chi connectivity index (χ0v) is 7.95. The van der Waals surface area contributed by atoms with E-state index in [-0.39, 0.29) is 23.6 Å². The predicted molar refractivity (Wildman–Crippen MR) is 47.1 cm³/mol. The van der Waals surface area contributed by atoms with Crippen LogP contribution in [-0.2, 0) is 9.53 Å². The van der Waals surface area contributed by atoms with Gasteiger partial charge in [-0.05, 0) is 25.7 Å². The molecule has 0 aromatic rings. The summed E-state index contributed by atoms with van der Waals surface area (Å²) in [6.45, 7) is 1.92. The number of hydrogen-bond donors (Lipinski definition) is 1. The maximum Gasteiger partial charge on any atom is 0.309 e. The number of carbonyl (C=O) groups is 1. The van der Waals surface area contributed by atoms with Gasteiger partial charge in [-0.15, -0.1) is 0 Å². The Balaban J connectivity index is 2.03. The van der Waals surface area contributed by atoms with E-state index in [2.05, 4.69) is 0 Å². The summed E-state index contributed by atoms with van der Waals surface area (Å²) in [4.78, 5) is 11.2. The molecule has 1 saturated heterocycles. The quantitative estimate of drug-likeness (QED) is 0.576. The molecule has 0 radical (unpaired) electrons. The van der Waals surface area contributed by atoms with Gasteiger partial charge in [0.1, 0.15) is 5.60 Å². The van der Waals surface area contributed by atoms with Crippen molar-refractivity contribution in [2.75, 3.05) is 0 Å². The SMILES string of the molecule is CC1CC2(CCC(O)CC2)OC1=O. The molecule has 2 aliphatic rings. The maximum atomic E-state index is 11.2. The molecule has 0 bridgehead atoms. The highest BCUT2D eigenvalue weighted by molar-refractivity contribution is 5.74. The first-order chi connectivity index (χ1) is 6.11. The van der Waals surface area contributed by atoms with Crippen molar-refractivity contribution in [1.29, 1.82) is 0 Å². The van der Waals surface area contributed by atoms with E-state index in [1.807, 2.05) is 6.92 Å². The Labute approximate surface area is 78.1 Å². The molecular weight excluding hydrogens is 168 g/mol. The Morgan fingerprint density at radius 2 is 2.08 bits per heavy atom. The Morgan fingerprint density at radius 3 is 2.54 bits per heavy atom. The van der Waals surface area contributed by atoms with E-state index < -0.39 is 0 Å². The second-order valence-corrected chi connectivity index (χ2v) is 4.44. The van der Waals surface area contributed by atoms with Gasteiger partial charge in [0.25, 0.3) is 0 Å². The fraction of sp³-hybridized carbons (Fsp3) is 0.900. The van der Waals surface area contributed by atoms with E-state index >= 15 is 0 Å². The third kappa shape index (κ3) is 1.57. The van der Waals surface area contributed by atoms with Crippen LogP contribution < -0.4 is 0 Å². The molecule has 1 heterocycles. The van der Waals surface area contributed by atoms with Gasteiger partial charge in [0.05, 0.1) is 12.0 Å². The third-order valence-corrected chi connectivity index (χ3v) is 3.26. The van der Waals surface area contributed by atoms with Crippen molar-refractivity contribution in [1.82, 2.24) is 0 Å². The highest BCUT2D eigenvalue weighted by atomic mass is 16.6. The fourth-order valence-corrected chi connectivity index (χ4v) is 2.43. The van der Waals surface area contributed by atoms with E-state index in [0.29, 0.717) is 0 Å². The number of esters is 1. The van der Waals surface area contributed by atoms with Crippen LogP contribution in [0.3, 0.4) is 0 Å². The summed E-state index contributed by atoms with van der Waals surface area (Å²) in [7, 11) is 0. The highest BCUT2D eigenvalue weighted by Gasteiger charge is 2.46. The Bertz CT molecular complexity index is 216. The van der Waals surface area contributed by atoms with Gasteiger partial charge in [0.15, 0.2) is 0 Å². The van der Waals surface area contributed by atoms with Crippen molar-refractivity contribution in [2.24, 2.45) is 5.92 Å². The largest absolute Gasteiger partial charge is 0.459 e. The lowest BCUT2D eigenvalue weighted by Crippen LogP contribution is -2.35. The van der Waals surface area contributed by atoms with Gasteiger partial charge in [-0.25, -0.2) is 0 Å². The van der Waals surface area contributed by atoms with Gasteiger partial charge in [-0.3, -0.25) is 4.79 Å². The molecule has 0 aromatic carbocycles. The summed E-state index contributed by atoms with van der Waals surface area (Å²) < 4.78 is 5.40. The third-order valence-electron chi connectivity index (χ3n) is 3.26. The summed E-state index contributed by atoms with van der Waals surface area (Å²) in [5, 5.41) is 9.34. The molecular formula is C10H16O3. The maximum absolute atomic E-state index is 11.2. The summed E-state index contributed by atoms with van der Waals surface area (Å²) in [5.41, 5.74) is -0.213. The molecule has 2 fully saturated rings. The van der Waals surface area contributed by atoms with Crippen molar-refractivity contribution < 1.29 is 14.6 Å². The molecule has 1 unspecified atom stereocenters. The fourth-order valence-electron chi connectivity index (χ4n) is 2.43. The number of ether oxygens (including phenoxy) is 1. The van der Waals surface area contributed by atoms with Crippen molar-refractivity contribution in [2.45, 2.75) is 50.7 Å². The minimum absolute atomic E-state index is 0.0512. The zero-order valence-electron chi connectivity index (χ0n) is 7.95. The molecule has 1 atom stereocenters. The summed E-state index contributed by atoms with van der Waals surface area (Å²) in [5.74, 6) is -0.00775. The standard InChI is InChI=1S/C10H16O3/c1-7-6-10(13-9(7)12)4-2-8(11)3-5-10/h7-8,11H,2-6H2,1H3. The van der Waals surface area contributed by atoms with Gasteiger partial charge in [-0.2, -0.15) is 0 Å². The van der Waals surface area contributed by atoms with Crippen LogP contribution >= 0.6 is 0 Å². The van der Waals surface area contributed by atoms with Crippen LogP contribution in [0.25, 0.3) is 0 Å². The summed E-state index contributed by atoms with van der Waals surface area (Å²) in [6.07, 6.45) is 3.90. The second-order valence-electron chi connectivity index (χ2n) is 4.44. The average Bonchev–Trinajstić information content (AvgIpc) is 2.36. The van der Waals surface area contributed by atoms with Crippen LogP contribution in [0.1, 0.15) is 39.0 Å². The molecule has 2 rings (SSSR count). The van der Waals surface area contributed by atoms with E-state index in [1.165, 1.54) is 0 Å². The van der Waals surface area contributed by atoms with E-state index in [9.17, 15) is 9.90 Å². The molecule has 13 heavy (non-hydrogen) atoms. The number of hydrogen-bond acceptors (Lipinski definition) is 3. The normalized spacial score (nSPS) is 45.2. The molecule has 3 nitrogen and oxygen atoms in total. The second kappa shape index (κ2) is 2.98. The van der Waals surface area contributed by atoms with Crippen LogP contribution in [0.4, 0.5) is 0 Å². The molecule has 0 amide bonds. The lowest BCUT2D eigenvalue weighted by atomic mass is 9.80. The van der Waals surface area contributed by atoms with Gasteiger partial charge < -0.3 is 9.84 Å². The Kier molecular flexibility index (Phi) is 2.06. The van der Waals surface area contributed by atoms with Crippen molar-refractivity contribution in [3.05, 3.63) is 0 Å². The molecule has 1 aliphatic carbocycles. The first-order valence-corrected chi connectivity index (χ1v) is 5.02. The topological polar surface area (TPSA) is 46.5 Å². The monoisotopic (exact) mass is 184 g/mol. The van der Waals surface area contributed by atoms with Crippen LogP contribution in [0.15, 0.2) is 0 Å². The van der Waals surface area contributed by atoms with Gasteiger partial charge in [0, 0.05) is 6.42 Å². The number of aliphatic hydroxyl groups excluding tert-OH is 1. The smallest absolute Gasteiger partial charge is 0.309 e. The zero-order chi connectivity index (χ0) is 9.47. The Morgan fingerprint density at radius 1 is 1.46 bits per heavy atom. The van der Waals surface area contributed by atoms with E-state index in [4.69, 9.17) is 4.74 Å². The number of rotatable bonds is 0. The van der Waals surface area contributed by atoms with Crippen molar-refractivity contribution >= 4 is 5.97 Å². The molecule has 1 aliphatic heterocycles. The van der Waals surface area contributed by atoms with E-state index in [0.717, 1.165) is 32.1 Å². The molecule has 1 spiro atoms. The van der Waals surface area contributed by atoms with Crippen LogP contribution in [0.2, 0.25) is 0 Å². The van der Waals surface area contributed by atoms with Crippen LogP contribution in [0.5, 0.6) is 0 Å². The lowest BCUT2D eigenvalue weighted by Gasteiger charge is -2.33. The first-order valence-electron chi connectivity index (χ1n) is 5.02. The Hall–Kier alpha value is -0.570. The lowest BCUT2D eigenvalue weighted by molar-refractivity contribution is -0.154. The predicted octanol–water partition coefficient (Wildman–Crippen LogP) is 1.24. The van der Waals surface area contributed by atoms with Crippen LogP contribution in [0, 0.1) is 5.92 Å². The number of aliphatic hydroxyl groups is 1. The summed E-state index contributed by atoms with van der Waals surface area (Å²) in [6, 6.07) is 0. The molecule has 1 saturated carbocycles. The van der Waals surface area contributed by atoms with Gasteiger partial charge >= 0.3 is 5.97 Å². The first kappa shape index (κ1) is 9.00. The number of carbonyl (C=O) groups excluding carboxylic acids is 1. The minimum atomic E-state index is -0.213. The average molecular weight is 184 g/mol. The highest BCUT2D eigenvalue weighted by Crippen LogP contribution is 2.42. The molecule has 3 heteroatoms. The molecule has 0 aromatic heterocycles. The molecule has 74 valence electrons. The van der Waals surface area contributed by atoms with E-state index in [1.54, 1.807) is 0 Å². The van der Waals surface area contributed by atoms with Crippen LogP contribution in [-0.4, -0.2) is 22.8 Å². The minimum Gasteiger partial charge on any atom is -0.459 e. The van der Waals surface area contributed by atoms with Crippen molar-refractivity contribution in [3.8, 4) is 0 Å². The van der Waals surface area contributed by atoms with Crippen molar-refractivity contribution in [3.63, 3.8) is 0 Å². The molecule has 1 N–H and O–H groups in total. The van der Waals surface area contributed by atoms with Gasteiger partial charge in [-0.1, -0.05) is 6.92 Å².